The number of nitrogens with two attached hydrogens (primary N) is 1. The van der Waals surface area contributed by atoms with Crippen LogP contribution in [0.4, 0.5) is 17.5 Å². The van der Waals surface area contributed by atoms with E-state index in [0.717, 1.165) is 16.6 Å². The maximum atomic E-state index is 12.3. The lowest BCUT2D eigenvalue weighted by Gasteiger charge is -2.06. The first-order valence-electron chi connectivity index (χ1n) is 8.58. The minimum absolute atomic E-state index is 0.232. The Morgan fingerprint density at radius 3 is 2.68 bits per heavy atom. The molecule has 0 radical (unpaired) electrons. The third kappa shape index (κ3) is 4.05. The Morgan fingerprint density at radius 1 is 1.11 bits per heavy atom. The van der Waals surface area contributed by atoms with Gasteiger partial charge in [0.25, 0.3) is 5.91 Å². The molecule has 0 unspecified atom stereocenters. The van der Waals surface area contributed by atoms with E-state index in [4.69, 9.17) is 17.3 Å². The topological polar surface area (TPSA) is 109 Å². The molecule has 0 spiro atoms. The lowest BCUT2D eigenvalue weighted by molar-refractivity contribution is 0.102. The van der Waals surface area contributed by atoms with Gasteiger partial charge in [-0.3, -0.25) is 4.79 Å². The maximum Gasteiger partial charge on any atom is 0.256 e. The van der Waals surface area contributed by atoms with E-state index in [1.807, 2.05) is 30.3 Å². The zero-order chi connectivity index (χ0) is 19.5. The van der Waals surface area contributed by atoms with Gasteiger partial charge in [0.2, 0.25) is 5.95 Å². The van der Waals surface area contributed by atoms with Crippen molar-refractivity contribution in [1.29, 1.82) is 0 Å². The Morgan fingerprint density at radius 2 is 1.93 bits per heavy atom. The number of fused-ring (bicyclic) bond motifs is 1. The summed E-state index contributed by atoms with van der Waals surface area (Å²) < 4.78 is 0. The predicted molar refractivity (Wildman–Crippen MR) is 111 cm³/mol. The summed E-state index contributed by atoms with van der Waals surface area (Å²) in [5.41, 5.74) is 9.75. The number of nitrogen functional groups attached to an aromatic ring is 1. The number of hydrogen-bond acceptors (Lipinski definition) is 5. The second kappa shape index (κ2) is 7.58. The quantitative estimate of drug-likeness (QED) is 0.383. The van der Waals surface area contributed by atoms with Crippen LogP contribution in [0.5, 0.6) is 0 Å². The van der Waals surface area contributed by atoms with E-state index in [-0.39, 0.29) is 5.91 Å². The molecule has 28 heavy (non-hydrogen) atoms. The van der Waals surface area contributed by atoms with E-state index >= 15 is 0 Å². The van der Waals surface area contributed by atoms with Crippen LogP contribution in [0.3, 0.4) is 0 Å². The summed E-state index contributed by atoms with van der Waals surface area (Å²) in [5, 5.41) is 6.48. The summed E-state index contributed by atoms with van der Waals surface area (Å²) in [7, 11) is 0. The highest BCUT2D eigenvalue weighted by molar-refractivity contribution is 6.30. The number of aromatic amines is 1. The number of hydrogen-bond donors (Lipinski definition) is 4. The second-order valence-electron chi connectivity index (χ2n) is 6.23. The van der Waals surface area contributed by atoms with E-state index < -0.39 is 0 Å². The number of amides is 1. The fourth-order valence-corrected chi connectivity index (χ4v) is 2.82. The van der Waals surface area contributed by atoms with Crippen LogP contribution in [0.25, 0.3) is 11.0 Å². The zero-order valence-electron chi connectivity index (χ0n) is 14.7. The van der Waals surface area contributed by atoms with Crippen molar-refractivity contribution in [2.45, 2.75) is 6.54 Å². The van der Waals surface area contributed by atoms with Crippen LogP contribution in [0, 0.1) is 0 Å². The SMILES string of the molecule is Nc1ccc2nc(NCc3ccc(C(=O)Nc4ccc(Cl)cn4)cc3)[nH]c2c1. The number of rotatable bonds is 5. The van der Waals surface area contributed by atoms with Gasteiger partial charge in [-0.2, -0.15) is 0 Å². The molecule has 2 aromatic heterocycles. The van der Waals surface area contributed by atoms with Gasteiger partial charge in [-0.15, -0.1) is 0 Å². The molecule has 7 nitrogen and oxygen atoms in total. The van der Waals surface area contributed by atoms with Gasteiger partial charge in [0.1, 0.15) is 5.82 Å². The van der Waals surface area contributed by atoms with Crippen molar-refractivity contribution in [2.75, 3.05) is 16.4 Å². The van der Waals surface area contributed by atoms with Gasteiger partial charge in [-0.05, 0) is 48.0 Å². The van der Waals surface area contributed by atoms with Gasteiger partial charge in [0.05, 0.1) is 16.1 Å². The predicted octanol–water partition coefficient (Wildman–Crippen LogP) is 4.06. The van der Waals surface area contributed by atoms with Crippen molar-refractivity contribution in [3.8, 4) is 0 Å². The van der Waals surface area contributed by atoms with E-state index in [1.165, 1.54) is 6.20 Å². The van der Waals surface area contributed by atoms with Crippen LogP contribution in [-0.2, 0) is 6.54 Å². The van der Waals surface area contributed by atoms with Crippen LogP contribution in [0.2, 0.25) is 5.02 Å². The molecular formula is C20H17ClN6O. The third-order valence-electron chi connectivity index (χ3n) is 4.15. The highest BCUT2D eigenvalue weighted by Crippen LogP contribution is 2.18. The Hall–Kier alpha value is -3.58. The third-order valence-corrected chi connectivity index (χ3v) is 4.37. The Balaban J connectivity index is 1.38. The molecule has 0 aliphatic heterocycles. The number of H-pyrrole nitrogens is 1. The van der Waals surface area contributed by atoms with Crippen molar-refractivity contribution in [3.63, 3.8) is 0 Å². The monoisotopic (exact) mass is 392 g/mol. The molecular weight excluding hydrogens is 376 g/mol. The highest BCUT2D eigenvalue weighted by atomic mass is 35.5. The minimum Gasteiger partial charge on any atom is -0.399 e. The van der Waals surface area contributed by atoms with Gasteiger partial charge in [0, 0.05) is 24.0 Å². The van der Waals surface area contributed by atoms with Crippen LogP contribution in [0.15, 0.2) is 60.8 Å². The molecule has 0 atom stereocenters. The summed E-state index contributed by atoms with van der Waals surface area (Å²) in [6.07, 6.45) is 1.48. The Labute approximate surface area is 166 Å². The molecule has 0 fully saturated rings. The minimum atomic E-state index is -0.232. The van der Waals surface area contributed by atoms with E-state index in [1.54, 1.807) is 24.3 Å². The van der Waals surface area contributed by atoms with Crippen molar-refractivity contribution in [2.24, 2.45) is 0 Å². The molecule has 140 valence electrons. The number of pyridine rings is 1. The summed E-state index contributed by atoms with van der Waals surface area (Å²) in [5.74, 6) is 0.881. The summed E-state index contributed by atoms with van der Waals surface area (Å²) in [6.45, 7) is 0.565. The van der Waals surface area contributed by atoms with Crippen molar-refractivity contribution in [3.05, 3.63) is 76.9 Å². The first kappa shape index (κ1) is 17.8. The van der Waals surface area contributed by atoms with Gasteiger partial charge in [-0.25, -0.2) is 9.97 Å². The van der Waals surface area contributed by atoms with Gasteiger partial charge in [-0.1, -0.05) is 23.7 Å². The summed E-state index contributed by atoms with van der Waals surface area (Å²) >= 11 is 5.79. The van der Waals surface area contributed by atoms with Crippen molar-refractivity contribution < 1.29 is 4.79 Å². The fourth-order valence-electron chi connectivity index (χ4n) is 2.71. The van der Waals surface area contributed by atoms with E-state index in [9.17, 15) is 4.79 Å². The number of carbonyl (C=O) groups excluding carboxylic acids is 1. The maximum absolute atomic E-state index is 12.3. The van der Waals surface area contributed by atoms with Crippen LogP contribution in [0.1, 0.15) is 15.9 Å². The first-order chi connectivity index (χ1) is 13.6. The molecule has 0 aliphatic rings. The lowest BCUT2D eigenvalue weighted by atomic mass is 10.1. The average Bonchev–Trinajstić information content (AvgIpc) is 3.10. The number of aromatic nitrogens is 3. The average molecular weight is 393 g/mol. The van der Waals surface area contributed by atoms with Crippen LogP contribution in [-0.4, -0.2) is 20.9 Å². The van der Waals surface area contributed by atoms with Crippen molar-refractivity contribution >= 4 is 46.0 Å². The molecule has 2 heterocycles. The lowest BCUT2D eigenvalue weighted by Crippen LogP contribution is -2.13. The largest absolute Gasteiger partial charge is 0.399 e. The molecule has 4 rings (SSSR count). The number of nitrogens with zero attached hydrogens (tertiary/aromatic N) is 2. The van der Waals surface area contributed by atoms with Crippen LogP contribution >= 0.6 is 11.6 Å². The normalized spacial score (nSPS) is 10.8. The molecule has 1 amide bonds. The molecule has 0 bridgehead atoms. The number of halogens is 1. The first-order valence-corrected chi connectivity index (χ1v) is 8.95. The summed E-state index contributed by atoms with van der Waals surface area (Å²) in [6, 6.07) is 16.2. The Bertz CT molecular complexity index is 1120. The van der Waals surface area contributed by atoms with Gasteiger partial charge >= 0.3 is 0 Å². The van der Waals surface area contributed by atoms with Gasteiger partial charge in [0.15, 0.2) is 0 Å². The Kier molecular flexibility index (Phi) is 4.82. The number of benzene rings is 2. The number of anilines is 3. The fraction of sp³-hybridized carbons (Fsp3) is 0.0500. The molecule has 5 N–H and O–H groups in total. The van der Waals surface area contributed by atoms with Gasteiger partial charge < -0.3 is 21.4 Å². The molecule has 0 saturated carbocycles. The highest BCUT2D eigenvalue weighted by Gasteiger charge is 2.07. The molecule has 8 heteroatoms. The molecule has 0 aliphatic carbocycles. The standard InChI is InChI=1S/C20H17ClN6O/c21-14-5-8-18(23-11-14)27-19(28)13-3-1-12(2-4-13)10-24-20-25-16-7-6-15(22)9-17(16)26-20/h1-9,11H,10,22H2,(H,23,27,28)(H2,24,25,26). The van der Waals surface area contributed by atoms with E-state index in [0.29, 0.717) is 34.6 Å². The smallest absolute Gasteiger partial charge is 0.256 e. The van der Waals surface area contributed by atoms with E-state index in [2.05, 4.69) is 25.6 Å². The number of imidazole rings is 1. The summed E-state index contributed by atoms with van der Waals surface area (Å²) in [4.78, 5) is 24.0. The van der Waals surface area contributed by atoms with Crippen molar-refractivity contribution in [1.82, 2.24) is 15.0 Å². The van der Waals surface area contributed by atoms with Crippen LogP contribution < -0.4 is 16.4 Å². The second-order valence-corrected chi connectivity index (χ2v) is 6.66. The zero-order valence-corrected chi connectivity index (χ0v) is 15.5. The molecule has 0 saturated heterocycles. The molecule has 2 aromatic carbocycles. The molecule has 4 aromatic rings. The number of carbonyl (C=O) groups is 1. The number of nitrogens with one attached hydrogen (secondary N) is 3.